The van der Waals surface area contributed by atoms with Crippen molar-refractivity contribution in [2.24, 2.45) is 7.05 Å². The Kier molecular flexibility index (Phi) is 5.28. The first kappa shape index (κ1) is 17.1. The summed E-state index contributed by atoms with van der Waals surface area (Å²) in [7, 11) is 8.14. The number of pyridine rings is 1. The van der Waals surface area contributed by atoms with Crippen molar-refractivity contribution >= 4 is 0 Å². The molecule has 0 unspecified atom stereocenters. The van der Waals surface area contributed by atoms with Gasteiger partial charge in [0.15, 0.2) is 0 Å². The highest BCUT2D eigenvalue weighted by Crippen LogP contribution is 2.23. The van der Waals surface area contributed by atoms with E-state index in [0.29, 0.717) is 12.1 Å². The molecule has 24 heavy (non-hydrogen) atoms. The lowest BCUT2D eigenvalue weighted by Crippen LogP contribution is -2.36. The zero-order valence-electron chi connectivity index (χ0n) is 15.0. The van der Waals surface area contributed by atoms with Gasteiger partial charge in [0.2, 0.25) is 0 Å². The minimum atomic E-state index is 0.360. The number of rotatable bonds is 6. The largest absolute Gasteiger partial charge is 0.380 e. The van der Waals surface area contributed by atoms with Crippen molar-refractivity contribution in [1.29, 1.82) is 0 Å². The molecule has 2 atom stereocenters. The van der Waals surface area contributed by atoms with Crippen LogP contribution in [0.25, 0.3) is 11.3 Å². The van der Waals surface area contributed by atoms with Crippen molar-refractivity contribution in [2.75, 3.05) is 34.3 Å². The minimum Gasteiger partial charge on any atom is -0.380 e. The van der Waals surface area contributed by atoms with E-state index < -0.39 is 0 Å². The van der Waals surface area contributed by atoms with Gasteiger partial charge >= 0.3 is 0 Å². The molecule has 1 aliphatic heterocycles. The second-order valence-electron chi connectivity index (χ2n) is 6.80. The van der Waals surface area contributed by atoms with Crippen LogP contribution in [0.15, 0.2) is 30.7 Å². The van der Waals surface area contributed by atoms with Gasteiger partial charge in [-0.3, -0.25) is 14.6 Å². The molecule has 1 fully saturated rings. The van der Waals surface area contributed by atoms with Gasteiger partial charge in [-0.1, -0.05) is 0 Å². The van der Waals surface area contributed by atoms with Crippen molar-refractivity contribution in [3.05, 3.63) is 36.3 Å². The fourth-order valence-electron chi connectivity index (χ4n) is 3.53. The topological polar surface area (TPSA) is 46.4 Å². The van der Waals surface area contributed by atoms with Gasteiger partial charge in [0.25, 0.3) is 0 Å². The van der Waals surface area contributed by atoms with Crippen LogP contribution in [0.3, 0.4) is 0 Å². The molecule has 0 saturated carbocycles. The molecule has 6 nitrogen and oxygen atoms in total. The Hall–Kier alpha value is -1.76. The van der Waals surface area contributed by atoms with E-state index >= 15 is 0 Å². The van der Waals surface area contributed by atoms with E-state index in [1.54, 1.807) is 7.11 Å². The molecule has 0 bridgehead atoms. The summed E-state index contributed by atoms with van der Waals surface area (Å²) in [6.45, 7) is 2.93. The number of hydrogen-bond acceptors (Lipinski definition) is 5. The summed E-state index contributed by atoms with van der Waals surface area (Å²) in [6.07, 6.45) is 7.20. The minimum absolute atomic E-state index is 0.360. The van der Waals surface area contributed by atoms with Crippen molar-refractivity contribution in [3.8, 4) is 11.3 Å². The van der Waals surface area contributed by atoms with Gasteiger partial charge in [-0.05, 0) is 32.6 Å². The van der Waals surface area contributed by atoms with Crippen LogP contribution in [-0.4, -0.2) is 71.0 Å². The quantitative estimate of drug-likeness (QED) is 0.806. The first-order valence-electron chi connectivity index (χ1n) is 8.41. The molecule has 130 valence electrons. The molecule has 2 aromatic heterocycles. The molecular weight excluding hydrogens is 302 g/mol. The average Bonchev–Trinajstić information content (AvgIpc) is 3.11. The molecule has 0 aromatic carbocycles. The van der Waals surface area contributed by atoms with E-state index in [-0.39, 0.29) is 0 Å². The summed E-state index contributed by atoms with van der Waals surface area (Å²) in [5.41, 5.74) is 3.41. The number of hydrogen-bond donors (Lipinski definition) is 0. The highest BCUT2D eigenvalue weighted by atomic mass is 16.5. The van der Waals surface area contributed by atoms with Gasteiger partial charge in [0, 0.05) is 69.6 Å². The Morgan fingerprint density at radius 2 is 2.04 bits per heavy atom. The van der Waals surface area contributed by atoms with Gasteiger partial charge in [-0.25, -0.2) is 0 Å². The van der Waals surface area contributed by atoms with E-state index in [2.05, 4.69) is 40.2 Å². The summed E-state index contributed by atoms with van der Waals surface area (Å²) in [4.78, 5) is 8.87. The Labute approximate surface area is 144 Å². The maximum absolute atomic E-state index is 5.51. The Morgan fingerprint density at radius 3 is 2.71 bits per heavy atom. The molecule has 1 saturated heterocycles. The third-order valence-electron chi connectivity index (χ3n) is 4.80. The Morgan fingerprint density at radius 1 is 1.29 bits per heavy atom. The van der Waals surface area contributed by atoms with Gasteiger partial charge < -0.3 is 9.64 Å². The van der Waals surface area contributed by atoms with Crippen molar-refractivity contribution in [1.82, 2.24) is 24.6 Å². The van der Waals surface area contributed by atoms with Gasteiger partial charge in [-0.15, -0.1) is 0 Å². The highest BCUT2D eigenvalue weighted by molar-refractivity contribution is 5.61. The van der Waals surface area contributed by atoms with Gasteiger partial charge in [-0.2, -0.15) is 5.10 Å². The van der Waals surface area contributed by atoms with Crippen LogP contribution in [0, 0.1) is 0 Å². The lowest BCUT2D eigenvalue weighted by atomic mass is 10.1. The summed E-state index contributed by atoms with van der Waals surface area (Å²) >= 11 is 0. The second kappa shape index (κ2) is 7.42. The molecule has 3 rings (SSSR count). The number of nitrogens with zero attached hydrogens (tertiary/aromatic N) is 5. The molecule has 1 aliphatic rings. The van der Waals surface area contributed by atoms with E-state index in [4.69, 9.17) is 4.74 Å². The molecule has 6 heteroatoms. The monoisotopic (exact) mass is 329 g/mol. The average molecular weight is 329 g/mol. The number of ether oxygens (including phenoxy) is 1. The second-order valence-corrected chi connectivity index (χ2v) is 6.80. The maximum atomic E-state index is 5.51. The number of likely N-dealkylation sites (tertiary alicyclic amines) is 1. The molecule has 0 amide bonds. The standard InChI is InChI=1S/C18H27N5O/c1-21(12-16-9-17(24-4)13-22(16)2)10-15-11-23(3)20-18(15)14-5-7-19-8-6-14/h5-8,11,16-17H,9-10,12-13H2,1-4H3/t16-,17-/m0/s1. The molecule has 0 radical (unpaired) electrons. The van der Waals surface area contributed by atoms with Crippen LogP contribution in [0.4, 0.5) is 0 Å². The number of aromatic nitrogens is 3. The van der Waals surface area contributed by atoms with Crippen LogP contribution in [0.2, 0.25) is 0 Å². The number of aryl methyl sites for hydroxylation is 1. The Balaban J connectivity index is 1.68. The summed E-state index contributed by atoms with van der Waals surface area (Å²) in [5, 5.41) is 4.64. The van der Waals surface area contributed by atoms with Crippen LogP contribution < -0.4 is 0 Å². The summed E-state index contributed by atoms with van der Waals surface area (Å²) < 4.78 is 7.40. The molecule has 0 aliphatic carbocycles. The zero-order chi connectivity index (χ0) is 17.1. The van der Waals surface area contributed by atoms with Crippen molar-refractivity contribution in [3.63, 3.8) is 0 Å². The first-order valence-corrected chi connectivity index (χ1v) is 8.41. The van der Waals surface area contributed by atoms with E-state index in [0.717, 1.165) is 37.3 Å². The van der Waals surface area contributed by atoms with Crippen molar-refractivity contribution < 1.29 is 4.74 Å². The van der Waals surface area contributed by atoms with E-state index in [1.807, 2.05) is 36.3 Å². The number of likely N-dealkylation sites (N-methyl/N-ethyl adjacent to an activating group) is 2. The zero-order valence-corrected chi connectivity index (χ0v) is 15.0. The lowest BCUT2D eigenvalue weighted by Gasteiger charge is -2.25. The van der Waals surface area contributed by atoms with E-state index in [1.165, 1.54) is 5.56 Å². The SMILES string of the molecule is CO[C@H]1C[C@@H](CN(C)Cc2cn(C)nc2-c2ccncc2)N(C)C1. The van der Waals surface area contributed by atoms with Crippen molar-refractivity contribution in [2.45, 2.75) is 25.1 Å². The fourth-order valence-corrected chi connectivity index (χ4v) is 3.53. The molecule has 3 heterocycles. The fraction of sp³-hybridized carbons (Fsp3) is 0.556. The summed E-state index contributed by atoms with van der Waals surface area (Å²) in [5.74, 6) is 0. The third-order valence-corrected chi connectivity index (χ3v) is 4.80. The van der Waals surface area contributed by atoms with Gasteiger partial charge in [0.05, 0.1) is 11.8 Å². The maximum Gasteiger partial charge on any atom is 0.0969 e. The smallest absolute Gasteiger partial charge is 0.0969 e. The summed E-state index contributed by atoms with van der Waals surface area (Å²) in [6, 6.07) is 4.57. The van der Waals surface area contributed by atoms with Crippen LogP contribution in [0.5, 0.6) is 0 Å². The Bertz CT molecular complexity index is 657. The normalized spacial score (nSPS) is 21.7. The first-order chi connectivity index (χ1) is 11.6. The third kappa shape index (κ3) is 3.83. The molecule has 0 spiro atoms. The molecule has 0 N–H and O–H groups in total. The highest BCUT2D eigenvalue weighted by Gasteiger charge is 2.30. The number of methoxy groups -OCH3 is 1. The lowest BCUT2D eigenvalue weighted by molar-refractivity contribution is 0.111. The van der Waals surface area contributed by atoms with Gasteiger partial charge in [0.1, 0.15) is 0 Å². The molecular formula is C18H27N5O. The molecule has 2 aromatic rings. The predicted octanol–water partition coefficient (Wildman–Crippen LogP) is 1.63. The van der Waals surface area contributed by atoms with Crippen LogP contribution in [-0.2, 0) is 18.3 Å². The predicted molar refractivity (Wildman–Crippen MR) is 94.6 cm³/mol. The van der Waals surface area contributed by atoms with E-state index in [9.17, 15) is 0 Å². The van der Waals surface area contributed by atoms with Crippen LogP contribution >= 0.6 is 0 Å². The van der Waals surface area contributed by atoms with Crippen LogP contribution in [0.1, 0.15) is 12.0 Å².